The minimum Gasteiger partial charge on any atom is -0.312 e. The monoisotopic (exact) mass is 309 g/mol. The summed E-state index contributed by atoms with van der Waals surface area (Å²) in [6.45, 7) is 0.649. The molecule has 1 unspecified atom stereocenters. The van der Waals surface area contributed by atoms with Crippen molar-refractivity contribution in [3.05, 3.63) is 27.2 Å². The molecule has 2 nitrogen and oxygen atoms in total. The van der Waals surface area contributed by atoms with Gasteiger partial charge in [0, 0.05) is 18.7 Å². The minimum absolute atomic E-state index is 0.0681. The molecule has 1 aliphatic rings. The van der Waals surface area contributed by atoms with Crippen LogP contribution in [0.5, 0.6) is 0 Å². The van der Waals surface area contributed by atoms with Gasteiger partial charge in [0.1, 0.15) is 0 Å². The van der Waals surface area contributed by atoms with Gasteiger partial charge in [-0.3, -0.25) is 4.79 Å². The third kappa shape index (κ3) is 2.68. The van der Waals surface area contributed by atoms with Crippen LogP contribution >= 0.6 is 47.4 Å². The second-order valence-corrected chi connectivity index (χ2v) is 5.54. The predicted octanol–water partition coefficient (Wildman–Crippen LogP) is 3.93. The van der Waals surface area contributed by atoms with E-state index in [-0.39, 0.29) is 11.8 Å². The van der Waals surface area contributed by atoms with Crippen LogP contribution in [0.15, 0.2) is 12.1 Å². The fraction of sp³-hybridized carbons (Fsp3) is 0.364. The van der Waals surface area contributed by atoms with Crippen molar-refractivity contribution in [2.24, 2.45) is 5.92 Å². The van der Waals surface area contributed by atoms with Crippen LogP contribution in [0, 0.1) is 5.92 Å². The molecule has 0 aromatic heterocycles. The van der Waals surface area contributed by atoms with Gasteiger partial charge in [-0.1, -0.05) is 34.8 Å². The number of carbonyl (C=O) groups is 1. The molecule has 6 heteroatoms. The summed E-state index contributed by atoms with van der Waals surface area (Å²) in [5, 5.41) is 1.03. The molecule has 1 aromatic carbocycles. The van der Waals surface area contributed by atoms with Crippen molar-refractivity contribution in [2.45, 2.75) is 6.42 Å². The average Bonchev–Trinajstić information content (AvgIpc) is 2.67. The Morgan fingerprint density at radius 1 is 1.29 bits per heavy atom. The molecule has 0 aliphatic carbocycles. The van der Waals surface area contributed by atoms with Gasteiger partial charge in [0.15, 0.2) is 0 Å². The lowest BCUT2D eigenvalue weighted by atomic mass is 10.1. The second-order valence-electron chi connectivity index (χ2n) is 3.98. The molecule has 2 rings (SSSR count). The first-order valence-corrected chi connectivity index (χ1v) is 6.85. The number of anilines is 1. The largest absolute Gasteiger partial charge is 0.312 e. The number of thiol groups is 1. The molecule has 0 spiro atoms. The highest BCUT2D eigenvalue weighted by Crippen LogP contribution is 2.36. The molecule has 1 aliphatic heterocycles. The quantitative estimate of drug-likeness (QED) is 0.648. The van der Waals surface area contributed by atoms with Crippen molar-refractivity contribution in [1.29, 1.82) is 0 Å². The Labute approximate surface area is 120 Å². The molecule has 0 N–H and O–H groups in total. The van der Waals surface area contributed by atoms with Gasteiger partial charge in [-0.2, -0.15) is 12.6 Å². The molecule has 0 saturated carbocycles. The van der Waals surface area contributed by atoms with Gasteiger partial charge >= 0.3 is 0 Å². The lowest BCUT2D eigenvalue weighted by molar-refractivity contribution is -0.117. The topological polar surface area (TPSA) is 20.3 Å². The molecule has 1 atom stereocenters. The summed E-state index contributed by atoms with van der Waals surface area (Å²) in [4.78, 5) is 13.5. The molecule has 92 valence electrons. The third-order valence-corrected chi connectivity index (χ3v) is 4.46. The Morgan fingerprint density at radius 2 is 1.88 bits per heavy atom. The van der Waals surface area contributed by atoms with Crippen LogP contribution < -0.4 is 4.90 Å². The maximum Gasteiger partial charge on any atom is 0.227 e. The molecule has 1 heterocycles. The van der Waals surface area contributed by atoms with Gasteiger partial charge < -0.3 is 4.90 Å². The zero-order chi connectivity index (χ0) is 12.6. The van der Waals surface area contributed by atoms with Gasteiger partial charge in [-0.05, 0) is 23.8 Å². The van der Waals surface area contributed by atoms with E-state index >= 15 is 0 Å². The van der Waals surface area contributed by atoms with Gasteiger partial charge in [0.2, 0.25) is 5.91 Å². The SMILES string of the molecule is O=C1CC(CS)CN1c1cc(Cl)c(Cl)c(Cl)c1. The van der Waals surface area contributed by atoms with Crippen LogP contribution in [0.25, 0.3) is 0 Å². The van der Waals surface area contributed by atoms with Crippen molar-refractivity contribution in [2.75, 3.05) is 17.2 Å². The number of hydrogen-bond donors (Lipinski definition) is 1. The van der Waals surface area contributed by atoms with Crippen molar-refractivity contribution in [1.82, 2.24) is 0 Å². The highest BCUT2D eigenvalue weighted by molar-refractivity contribution is 7.80. The van der Waals surface area contributed by atoms with Crippen molar-refractivity contribution in [3.8, 4) is 0 Å². The number of amides is 1. The van der Waals surface area contributed by atoms with E-state index in [1.165, 1.54) is 0 Å². The Morgan fingerprint density at radius 3 is 2.35 bits per heavy atom. The summed E-state index contributed by atoms with van der Waals surface area (Å²) in [7, 11) is 0. The zero-order valence-corrected chi connectivity index (χ0v) is 12.0. The smallest absolute Gasteiger partial charge is 0.227 e. The standard InChI is InChI=1S/C11H10Cl3NOS/c12-8-2-7(3-9(13)11(8)14)15-4-6(5-17)1-10(15)16/h2-3,6,17H,1,4-5H2. The summed E-state index contributed by atoms with van der Waals surface area (Å²) in [5.74, 6) is 1.04. The highest BCUT2D eigenvalue weighted by Gasteiger charge is 2.30. The Hall–Kier alpha value is -0.0900. The first kappa shape index (κ1) is 13.3. The summed E-state index contributed by atoms with van der Waals surface area (Å²) in [6, 6.07) is 3.32. The summed E-state index contributed by atoms with van der Waals surface area (Å²) < 4.78 is 0. The average molecular weight is 311 g/mol. The number of benzene rings is 1. The number of rotatable bonds is 2. The first-order chi connectivity index (χ1) is 8.02. The van der Waals surface area contributed by atoms with Gasteiger partial charge in [-0.25, -0.2) is 0 Å². The number of carbonyl (C=O) groups excluding carboxylic acids is 1. The van der Waals surface area contributed by atoms with Crippen molar-refractivity contribution < 1.29 is 4.79 Å². The molecule has 1 aromatic rings. The fourth-order valence-electron chi connectivity index (χ4n) is 1.85. The molecule has 1 amide bonds. The number of halogens is 3. The van der Waals surface area contributed by atoms with E-state index in [0.717, 1.165) is 0 Å². The fourth-order valence-corrected chi connectivity index (χ4v) is 2.68. The summed E-state index contributed by atoms with van der Waals surface area (Å²) in [5.41, 5.74) is 0.693. The van der Waals surface area contributed by atoms with Crippen molar-refractivity contribution in [3.63, 3.8) is 0 Å². The molecular formula is C11H10Cl3NOS. The highest BCUT2D eigenvalue weighted by atomic mass is 35.5. The van der Waals surface area contributed by atoms with Crippen LogP contribution in [-0.4, -0.2) is 18.2 Å². The van der Waals surface area contributed by atoms with Crippen LogP contribution in [0.1, 0.15) is 6.42 Å². The van der Waals surface area contributed by atoms with Crippen LogP contribution in [0.4, 0.5) is 5.69 Å². The number of hydrogen-bond acceptors (Lipinski definition) is 2. The predicted molar refractivity (Wildman–Crippen MR) is 75.8 cm³/mol. The Kier molecular flexibility index (Phi) is 4.14. The number of nitrogens with zero attached hydrogens (tertiary/aromatic N) is 1. The van der Waals surface area contributed by atoms with Crippen molar-refractivity contribution >= 4 is 59.0 Å². The molecule has 17 heavy (non-hydrogen) atoms. The van der Waals surface area contributed by atoms with Crippen LogP contribution in [-0.2, 0) is 4.79 Å². The van der Waals surface area contributed by atoms with E-state index in [1.807, 2.05) is 0 Å². The normalized spacial score (nSPS) is 20.1. The molecule has 0 radical (unpaired) electrons. The summed E-state index contributed by atoms with van der Waals surface area (Å²) in [6.07, 6.45) is 0.515. The maximum atomic E-state index is 11.8. The van der Waals surface area contributed by atoms with E-state index in [2.05, 4.69) is 12.6 Å². The zero-order valence-electron chi connectivity index (χ0n) is 8.79. The van der Waals surface area contributed by atoms with Crippen LogP contribution in [0.3, 0.4) is 0 Å². The second kappa shape index (κ2) is 5.27. The Bertz CT molecular complexity index is 443. The summed E-state index contributed by atoms with van der Waals surface area (Å²) >= 11 is 22.0. The van der Waals surface area contributed by atoms with Gasteiger partial charge in [0.05, 0.1) is 15.1 Å². The maximum absolute atomic E-state index is 11.8. The minimum atomic E-state index is 0.0681. The lowest BCUT2D eigenvalue weighted by Crippen LogP contribution is -2.24. The molecule has 1 fully saturated rings. The van der Waals surface area contributed by atoms with E-state index in [1.54, 1.807) is 17.0 Å². The molecule has 0 bridgehead atoms. The van der Waals surface area contributed by atoms with Gasteiger partial charge in [-0.15, -0.1) is 0 Å². The Balaban J connectivity index is 2.32. The molecule has 1 saturated heterocycles. The molecular weight excluding hydrogens is 301 g/mol. The first-order valence-electron chi connectivity index (χ1n) is 5.08. The third-order valence-electron chi connectivity index (χ3n) is 2.74. The lowest BCUT2D eigenvalue weighted by Gasteiger charge is -2.17. The van der Waals surface area contributed by atoms with Gasteiger partial charge in [0.25, 0.3) is 0 Å². The van der Waals surface area contributed by atoms with E-state index < -0.39 is 0 Å². The van der Waals surface area contributed by atoms with E-state index in [9.17, 15) is 4.79 Å². The van der Waals surface area contributed by atoms with E-state index in [4.69, 9.17) is 34.8 Å². The van der Waals surface area contributed by atoms with Crippen LogP contribution in [0.2, 0.25) is 15.1 Å². The van der Waals surface area contributed by atoms with E-state index in [0.29, 0.717) is 39.5 Å².